The summed E-state index contributed by atoms with van der Waals surface area (Å²) in [5.74, 6) is 0. The summed E-state index contributed by atoms with van der Waals surface area (Å²) in [6.45, 7) is 5.40. The van der Waals surface area contributed by atoms with E-state index in [0.717, 1.165) is 0 Å². The molecule has 0 atom stereocenters. The average molecular weight is 147 g/mol. The molecule has 4 heteroatoms. The average Bonchev–Trinajstić information content (AvgIpc) is 1.89. The Morgan fingerprint density at radius 1 is 1.44 bits per heavy atom. The molecule has 0 amide bonds. The highest BCUT2D eigenvalue weighted by molar-refractivity contribution is 6.63. The lowest BCUT2D eigenvalue weighted by molar-refractivity contribution is 0.242. The summed E-state index contributed by atoms with van der Waals surface area (Å²) in [7, 11) is 1.17. The van der Waals surface area contributed by atoms with Crippen molar-refractivity contribution in [2.75, 3.05) is 14.2 Å². The van der Waals surface area contributed by atoms with Gasteiger partial charge >= 0.3 is 8.72 Å². The molecule has 0 fully saturated rings. The molecule has 0 aromatic heterocycles. The third-order valence-electron chi connectivity index (χ3n) is 1.14. The number of hydrogen-bond acceptors (Lipinski definition) is 3. The highest BCUT2D eigenvalue weighted by Gasteiger charge is 2.27. The van der Waals surface area contributed by atoms with Crippen LogP contribution in [0.5, 0.6) is 0 Å². The van der Waals surface area contributed by atoms with Crippen molar-refractivity contribution in [3.05, 3.63) is 12.8 Å². The molecular weight excluding hydrogens is 134 g/mol. The minimum Gasteiger partial charge on any atom is -0.382 e. The zero-order chi connectivity index (χ0) is 7.33. The molecule has 0 saturated heterocycles. The highest BCUT2D eigenvalue weighted by atomic mass is 28.4. The van der Waals surface area contributed by atoms with Crippen molar-refractivity contribution in [3.63, 3.8) is 0 Å². The highest BCUT2D eigenvalue weighted by Crippen LogP contribution is 1.97. The summed E-state index contributed by atoms with van der Waals surface area (Å²) in [4.78, 5) is 2.92. The van der Waals surface area contributed by atoms with Gasteiger partial charge in [-0.15, -0.1) is 0 Å². The molecule has 0 radical (unpaired) electrons. The van der Waals surface area contributed by atoms with Crippen molar-refractivity contribution < 1.29 is 8.85 Å². The molecule has 0 rings (SSSR count). The molecule has 0 saturated carbocycles. The van der Waals surface area contributed by atoms with Gasteiger partial charge in [-0.1, -0.05) is 6.58 Å². The van der Waals surface area contributed by atoms with Crippen LogP contribution in [0.15, 0.2) is 12.8 Å². The van der Waals surface area contributed by atoms with E-state index in [-0.39, 0.29) is 0 Å². The Morgan fingerprint density at radius 2 is 1.89 bits per heavy atom. The van der Waals surface area contributed by atoms with E-state index >= 15 is 0 Å². The van der Waals surface area contributed by atoms with Crippen LogP contribution in [0.25, 0.3) is 0 Å². The van der Waals surface area contributed by atoms with E-state index in [1.807, 2.05) is 6.55 Å². The maximum absolute atomic E-state index is 5.06. The van der Waals surface area contributed by atoms with Crippen LogP contribution >= 0.6 is 0 Å². The monoisotopic (exact) mass is 147 g/mol. The normalized spacial score (nSPS) is 11.0. The second kappa shape index (κ2) is 3.65. The van der Waals surface area contributed by atoms with E-state index in [2.05, 4.69) is 11.6 Å². The van der Waals surface area contributed by atoms with Crippen molar-refractivity contribution in [1.82, 2.24) is 4.98 Å². The Kier molecular flexibility index (Phi) is 3.52. The van der Waals surface area contributed by atoms with Crippen LogP contribution in [0.3, 0.4) is 0 Å². The first-order valence-electron chi connectivity index (χ1n) is 2.67. The maximum atomic E-state index is 5.06. The standard InChI is InChI=1S/C5H13NO2Si/c1-5-6-9(4,7-2)8-3/h5-6H,1H2,2-4H3. The van der Waals surface area contributed by atoms with Gasteiger partial charge < -0.3 is 13.8 Å². The van der Waals surface area contributed by atoms with Crippen molar-refractivity contribution in [2.45, 2.75) is 6.55 Å². The Bertz CT molecular complexity index is 93.0. The fraction of sp³-hybridized carbons (Fsp3) is 0.600. The Labute approximate surface area is 57.0 Å². The zero-order valence-electron chi connectivity index (χ0n) is 6.10. The Morgan fingerprint density at radius 3 is 2.00 bits per heavy atom. The number of rotatable bonds is 4. The molecule has 0 unspecified atom stereocenters. The molecular formula is C5H13NO2Si. The first-order valence-corrected chi connectivity index (χ1v) is 4.99. The van der Waals surface area contributed by atoms with Gasteiger partial charge in [-0.25, -0.2) is 0 Å². The van der Waals surface area contributed by atoms with Crippen LogP contribution in [0.1, 0.15) is 0 Å². The summed E-state index contributed by atoms with van der Waals surface area (Å²) in [5, 5.41) is 0. The van der Waals surface area contributed by atoms with Gasteiger partial charge in [-0.3, -0.25) is 0 Å². The molecule has 0 aliphatic rings. The molecule has 1 N–H and O–H groups in total. The van der Waals surface area contributed by atoms with Crippen LogP contribution in [-0.4, -0.2) is 22.9 Å². The number of nitrogens with one attached hydrogen (secondary N) is 1. The second-order valence-electron chi connectivity index (χ2n) is 1.70. The summed E-state index contributed by atoms with van der Waals surface area (Å²) >= 11 is 0. The van der Waals surface area contributed by atoms with Crippen LogP contribution in [0, 0.1) is 0 Å². The van der Waals surface area contributed by atoms with Crippen molar-refractivity contribution >= 4 is 8.72 Å². The lowest BCUT2D eigenvalue weighted by Crippen LogP contribution is -2.49. The minimum absolute atomic E-state index is 1.58. The molecule has 0 spiro atoms. The van der Waals surface area contributed by atoms with Gasteiger partial charge in [0.25, 0.3) is 0 Å². The second-order valence-corrected chi connectivity index (χ2v) is 4.70. The molecule has 0 bridgehead atoms. The van der Waals surface area contributed by atoms with Crippen LogP contribution in [-0.2, 0) is 8.85 Å². The minimum atomic E-state index is -2.07. The Hall–Kier alpha value is -0.323. The summed E-state index contributed by atoms with van der Waals surface area (Å²) in [5.41, 5.74) is 0. The molecule has 3 nitrogen and oxygen atoms in total. The predicted octanol–water partition coefficient (Wildman–Crippen LogP) is 0.581. The third kappa shape index (κ3) is 2.64. The molecule has 0 aromatic carbocycles. The van der Waals surface area contributed by atoms with Crippen molar-refractivity contribution in [3.8, 4) is 0 Å². The Balaban J connectivity index is 3.75. The van der Waals surface area contributed by atoms with Crippen LogP contribution in [0.2, 0.25) is 6.55 Å². The van der Waals surface area contributed by atoms with Crippen LogP contribution in [0.4, 0.5) is 0 Å². The van der Waals surface area contributed by atoms with E-state index in [1.165, 1.54) is 0 Å². The smallest absolute Gasteiger partial charge is 0.382 e. The molecule has 0 heterocycles. The lowest BCUT2D eigenvalue weighted by Gasteiger charge is -2.21. The number of hydrogen-bond donors (Lipinski definition) is 1. The van der Waals surface area contributed by atoms with Gasteiger partial charge in [0.1, 0.15) is 0 Å². The summed E-state index contributed by atoms with van der Waals surface area (Å²) in [6, 6.07) is 0. The van der Waals surface area contributed by atoms with Gasteiger partial charge in [0, 0.05) is 14.2 Å². The fourth-order valence-electron chi connectivity index (χ4n) is 0.387. The fourth-order valence-corrected chi connectivity index (χ4v) is 1.16. The molecule has 9 heavy (non-hydrogen) atoms. The topological polar surface area (TPSA) is 30.5 Å². The molecule has 0 aliphatic carbocycles. The van der Waals surface area contributed by atoms with Gasteiger partial charge in [0.15, 0.2) is 0 Å². The van der Waals surface area contributed by atoms with Crippen LogP contribution < -0.4 is 4.98 Å². The van der Waals surface area contributed by atoms with E-state index in [9.17, 15) is 0 Å². The molecule has 0 aliphatic heterocycles. The van der Waals surface area contributed by atoms with Crippen molar-refractivity contribution in [2.24, 2.45) is 0 Å². The van der Waals surface area contributed by atoms with Gasteiger partial charge in [0.2, 0.25) is 0 Å². The van der Waals surface area contributed by atoms with Gasteiger partial charge in [-0.2, -0.15) is 0 Å². The maximum Gasteiger partial charge on any atom is 0.452 e. The van der Waals surface area contributed by atoms with E-state index in [0.29, 0.717) is 0 Å². The van der Waals surface area contributed by atoms with E-state index < -0.39 is 8.72 Å². The quantitative estimate of drug-likeness (QED) is 0.590. The predicted molar refractivity (Wildman–Crippen MR) is 39.0 cm³/mol. The lowest BCUT2D eigenvalue weighted by atomic mass is 11.1. The molecule has 0 aromatic rings. The largest absolute Gasteiger partial charge is 0.452 e. The zero-order valence-corrected chi connectivity index (χ0v) is 7.10. The summed E-state index contributed by atoms with van der Waals surface area (Å²) < 4.78 is 10.1. The third-order valence-corrected chi connectivity index (χ3v) is 3.43. The summed E-state index contributed by atoms with van der Waals surface area (Å²) in [6.07, 6.45) is 1.58. The van der Waals surface area contributed by atoms with Crippen molar-refractivity contribution in [1.29, 1.82) is 0 Å². The van der Waals surface area contributed by atoms with Gasteiger partial charge in [0.05, 0.1) is 0 Å². The SMILES string of the molecule is C=CN[Si](C)(OC)OC. The first-order chi connectivity index (χ1) is 4.18. The molecule has 54 valence electrons. The first kappa shape index (κ1) is 8.68. The van der Waals surface area contributed by atoms with Gasteiger partial charge in [-0.05, 0) is 12.7 Å². The van der Waals surface area contributed by atoms with E-state index in [1.54, 1.807) is 20.4 Å². The van der Waals surface area contributed by atoms with E-state index in [4.69, 9.17) is 8.85 Å².